The molecule has 0 saturated carbocycles. The fraction of sp³-hybridized carbons (Fsp3) is 0.357. The topological polar surface area (TPSA) is 81.6 Å². The first-order chi connectivity index (χ1) is 9.94. The summed E-state index contributed by atoms with van der Waals surface area (Å²) >= 11 is 5.94. The molecule has 2 aromatic heterocycles. The van der Waals surface area contributed by atoms with Crippen molar-refractivity contribution in [3.05, 3.63) is 29.0 Å². The Bertz CT molecular complexity index is 779. The highest BCUT2D eigenvalue weighted by atomic mass is 35.5. The molecule has 1 aliphatic rings. The number of anilines is 1. The molecule has 108 valence electrons. The van der Waals surface area contributed by atoms with Crippen LogP contribution in [0.3, 0.4) is 0 Å². The molecule has 1 atom stereocenters. The third-order valence-electron chi connectivity index (χ3n) is 3.96. The van der Waals surface area contributed by atoms with Crippen LogP contribution in [0.4, 0.5) is 5.82 Å². The van der Waals surface area contributed by atoms with Crippen molar-refractivity contribution in [3.8, 4) is 6.07 Å². The molecule has 2 aromatic rings. The van der Waals surface area contributed by atoms with Crippen LogP contribution < -0.4 is 4.90 Å². The van der Waals surface area contributed by atoms with Gasteiger partial charge in [0.2, 0.25) is 0 Å². The first-order valence-electron chi connectivity index (χ1n) is 6.51. The number of imidazole rings is 1. The van der Waals surface area contributed by atoms with E-state index in [1.807, 2.05) is 4.90 Å². The van der Waals surface area contributed by atoms with Crippen molar-refractivity contribution in [1.82, 2.24) is 9.38 Å². The summed E-state index contributed by atoms with van der Waals surface area (Å²) in [5, 5.41) is 19.2. The van der Waals surface area contributed by atoms with Gasteiger partial charge in [0, 0.05) is 30.4 Å². The van der Waals surface area contributed by atoms with E-state index >= 15 is 0 Å². The summed E-state index contributed by atoms with van der Waals surface area (Å²) in [6.07, 6.45) is 2.22. The van der Waals surface area contributed by atoms with E-state index in [4.69, 9.17) is 11.6 Å². The Kier molecular flexibility index (Phi) is 3.03. The van der Waals surface area contributed by atoms with E-state index in [1.54, 1.807) is 29.7 Å². The Balaban J connectivity index is 2.06. The highest BCUT2D eigenvalue weighted by Crippen LogP contribution is 2.34. The molecule has 1 aliphatic heterocycles. The third kappa shape index (κ3) is 2.10. The van der Waals surface area contributed by atoms with Gasteiger partial charge in [-0.25, -0.2) is 4.98 Å². The first kappa shape index (κ1) is 13.7. The molecular weight excluding hydrogens is 292 g/mol. The second-order valence-electron chi connectivity index (χ2n) is 5.51. The number of hydrogen-bond acceptors (Lipinski definition) is 4. The average Bonchev–Trinajstić information content (AvgIpc) is 2.99. The van der Waals surface area contributed by atoms with Crippen LogP contribution >= 0.6 is 11.6 Å². The number of aromatic nitrogens is 2. The summed E-state index contributed by atoms with van der Waals surface area (Å²) < 4.78 is 1.66. The lowest BCUT2D eigenvalue weighted by atomic mass is 9.90. The van der Waals surface area contributed by atoms with Crippen LogP contribution in [0.5, 0.6) is 0 Å². The Morgan fingerprint density at radius 1 is 1.62 bits per heavy atom. The average molecular weight is 305 g/mol. The quantitative estimate of drug-likeness (QED) is 0.919. The molecular formula is C14H13ClN4O2. The van der Waals surface area contributed by atoms with E-state index in [1.165, 1.54) is 0 Å². The molecule has 7 heteroatoms. The van der Waals surface area contributed by atoms with Crippen LogP contribution in [0.25, 0.3) is 5.65 Å². The molecule has 0 bridgehead atoms. The van der Waals surface area contributed by atoms with Crippen LogP contribution in [0, 0.1) is 16.7 Å². The molecule has 1 fully saturated rings. The maximum absolute atomic E-state index is 11.3. The molecule has 3 heterocycles. The molecule has 0 radical (unpaired) electrons. The van der Waals surface area contributed by atoms with Crippen molar-refractivity contribution < 1.29 is 9.90 Å². The fourth-order valence-corrected chi connectivity index (χ4v) is 2.80. The zero-order chi connectivity index (χ0) is 15.2. The van der Waals surface area contributed by atoms with Gasteiger partial charge in [0.1, 0.15) is 11.7 Å². The molecule has 0 spiro atoms. The Morgan fingerprint density at radius 2 is 2.38 bits per heavy atom. The van der Waals surface area contributed by atoms with Crippen LogP contribution in [0.15, 0.2) is 18.3 Å². The molecule has 0 aliphatic carbocycles. The van der Waals surface area contributed by atoms with E-state index < -0.39 is 11.4 Å². The summed E-state index contributed by atoms with van der Waals surface area (Å²) in [6, 6.07) is 5.51. The number of carbonyl (C=O) groups is 1. The minimum atomic E-state index is -0.824. The Morgan fingerprint density at radius 3 is 3.00 bits per heavy atom. The maximum Gasteiger partial charge on any atom is 0.311 e. The van der Waals surface area contributed by atoms with Crippen LogP contribution in [0.1, 0.15) is 19.0 Å². The number of nitrogens with zero attached hydrogens (tertiary/aromatic N) is 4. The number of nitriles is 1. The van der Waals surface area contributed by atoms with Crippen LogP contribution in [0.2, 0.25) is 5.02 Å². The van der Waals surface area contributed by atoms with Gasteiger partial charge in [-0.15, -0.1) is 0 Å². The van der Waals surface area contributed by atoms with Crippen molar-refractivity contribution in [2.75, 3.05) is 18.0 Å². The number of carboxylic acids is 1. The number of rotatable bonds is 2. The predicted octanol–water partition coefficient (Wildman–Crippen LogP) is 2.16. The zero-order valence-corrected chi connectivity index (χ0v) is 12.1. The van der Waals surface area contributed by atoms with E-state index in [-0.39, 0.29) is 0 Å². The van der Waals surface area contributed by atoms with Gasteiger partial charge in [-0.1, -0.05) is 11.6 Å². The summed E-state index contributed by atoms with van der Waals surface area (Å²) in [5.41, 5.74) is 0.175. The highest BCUT2D eigenvalue weighted by Gasteiger charge is 2.41. The van der Waals surface area contributed by atoms with Gasteiger partial charge < -0.3 is 10.0 Å². The molecule has 21 heavy (non-hydrogen) atoms. The number of fused-ring (bicyclic) bond motifs is 1. The van der Waals surface area contributed by atoms with Crippen LogP contribution in [-0.4, -0.2) is 33.6 Å². The summed E-state index contributed by atoms with van der Waals surface area (Å²) in [7, 11) is 0. The minimum absolute atomic E-state index is 0.342. The summed E-state index contributed by atoms with van der Waals surface area (Å²) in [4.78, 5) is 17.6. The van der Waals surface area contributed by atoms with Gasteiger partial charge in [0.25, 0.3) is 0 Å². The van der Waals surface area contributed by atoms with Crippen molar-refractivity contribution in [2.45, 2.75) is 13.3 Å². The van der Waals surface area contributed by atoms with E-state index in [0.29, 0.717) is 41.7 Å². The number of pyridine rings is 1. The first-order valence-corrected chi connectivity index (χ1v) is 6.88. The standard InChI is InChI=1S/C14H13ClN4O2/c1-14(13(20)21)3-5-18(8-14)12-10(7-16)19-4-2-9(15)6-11(19)17-12/h2,4,6H,3,5,8H2,1H3,(H,20,21). The lowest BCUT2D eigenvalue weighted by Crippen LogP contribution is -2.32. The van der Waals surface area contributed by atoms with Gasteiger partial charge >= 0.3 is 5.97 Å². The molecule has 1 unspecified atom stereocenters. The third-order valence-corrected chi connectivity index (χ3v) is 4.20. The second-order valence-corrected chi connectivity index (χ2v) is 5.94. The predicted molar refractivity (Wildman–Crippen MR) is 77.5 cm³/mol. The number of halogens is 1. The molecule has 1 N–H and O–H groups in total. The fourth-order valence-electron chi connectivity index (χ4n) is 2.65. The Labute approximate surface area is 126 Å². The van der Waals surface area contributed by atoms with Crippen molar-refractivity contribution >= 4 is 29.0 Å². The zero-order valence-electron chi connectivity index (χ0n) is 11.4. The number of aliphatic carboxylic acids is 1. The molecule has 0 amide bonds. The van der Waals surface area contributed by atoms with E-state index in [2.05, 4.69) is 11.1 Å². The van der Waals surface area contributed by atoms with E-state index in [9.17, 15) is 15.2 Å². The van der Waals surface area contributed by atoms with Gasteiger partial charge in [0.05, 0.1) is 5.41 Å². The smallest absolute Gasteiger partial charge is 0.311 e. The molecule has 3 rings (SSSR count). The van der Waals surface area contributed by atoms with Gasteiger partial charge in [0.15, 0.2) is 11.5 Å². The monoisotopic (exact) mass is 304 g/mol. The van der Waals surface area contributed by atoms with Gasteiger partial charge in [-0.2, -0.15) is 5.26 Å². The number of carboxylic acid groups (broad SMARTS) is 1. The molecule has 0 aromatic carbocycles. The summed E-state index contributed by atoms with van der Waals surface area (Å²) in [6.45, 7) is 2.62. The van der Waals surface area contributed by atoms with Crippen molar-refractivity contribution in [2.24, 2.45) is 5.41 Å². The lowest BCUT2D eigenvalue weighted by molar-refractivity contribution is -0.146. The lowest BCUT2D eigenvalue weighted by Gasteiger charge is -2.19. The normalized spacial score (nSPS) is 21.7. The minimum Gasteiger partial charge on any atom is -0.481 e. The van der Waals surface area contributed by atoms with Crippen molar-refractivity contribution in [3.63, 3.8) is 0 Å². The SMILES string of the molecule is CC1(C(=O)O)CCN(c2nc3cc(Cl)ccn3c2C#N)C1. The molecule has 1 saturated heterocycles. The van der Waals surface area contributed by atoms with Crippen molar-refractivity contribution in [1.29, 1.82) is 5.26 Å². The highest BCUT2D eigenvalue weighted by molar-refractivity contribution is 6.30. The van der Waals surface area contributed by atoms with Gasteiger partial charge in [-0.05, 0) is 19.4 Å². The number of hydrogen-bond donors (Lipinski definition) is 1. The largest absolute Gasteiger partial charge is 0.481 e. The van der Waals surface area contributed by atoms with Gasteiger partial charge in [-0.3, -0.25) is 9.20 Å². The molecule has 6 nitrogen and oxygen atoms in total. The van der Waals surface area contributed by atoms with E-state index in [0.717, 1.165) is 0 Å². The summed E-state index contributed by atoms with van der Waals surface area (Å²) in [5.74, 6) is -0.306. The Hall–Kier alpha value is -2.26. The van der Waals surface area contributed by atoms with Crippen LogP contribution in [-0.2, 0) is 4.79 Å². The maximum atomic E-state index is 11.3. The second kappa shape index (κ2) is 4.64.